The van der Waals surface area contributed by atoms with Crippen molar-refractivity contribution in [1.82, 2.24) is 4.98 Å². The van der Waals surface area contributed by atoms with Crippen LogP contribution in [0.15, 0.2) is 41.4 Å². The van der Waals surface area contributed by atoms with E-state index in [-0.39, 0.29) is 21.3 Å². The number of pyridine rings is 1. The fourth-order valence-electron chi connectivity index (χ4n) is 1.60. The number of benzene rings is 1. The number of nitro benzene ring substituents is 1. The normalized spacial score (nSPS) is 11.1. The van der Waals surface area contributed by atoms with Crippen molar-refractivity contribution in [2.45, 2.75) is 11.8 Å². The Kier molecular flexibility index (Phi) is 4.10. The molecule has 2 rings (SSSR count). The summed E-state index contributed by atoms with van der Waals surface area (Å²) in [6.07, 6.45) is 1.52. The number of hydrogen-bond acceptors (Lipinski definition) is 5. The van der Waals surface area contributed by atoms with Gasteiger partial charge in [-0.3, -0.25) is 19.8 Å². The summed E-state index contributed by atoms with van der Waals surface area (Å²) in [5, 5.41) is 10.6. The van der Waals surface area contributed by atoms with E-state index in [9.17, 15) is 18.5 Å². The molecular weight excluding hydrogens is 318 g/mol. The smallest absolute Gasteiger partial charge is 0.270 e. The monoisotopic (exact) mass is 327 g/mol. The number of rotatable bonds is 4. The number of sulfonamides is 1. The van der Waals surface area contributed by atoms with Gasteiger partial charge in [0.05, 0.1) is 21.3 Å². The lowest BCUT2D eigenvalue weighted by Gasteiger charge is -2.10. The fourth-order valence-corrected chi connectivity index (χ4v) is 3.24. The minimum absolute atomic E-state index is 0.102. The molecule has 0 saturated heterocycles. The van der Waals surface area contributed by atoms with Crippen LogP contribution in [0.1, 0.15) is 5.69 Å². The molecule has 0 amide bonds. The quantitative estimate of drug-likeness (QED) is 0.687. The molecule has 1 heterocycles. The van der Waals surface area contributed by atoms with Crippen molar-refractivity contribution in [3.05, 3.63) is 57.4 Å². The number of hydrogen-bond donors (Lipinski definition) is 1. The minimum atomic E-state index is -4.05. The first kappa shape index (κ1) is 15.2. The molecule has 0 radical (unpaired) electrons. The summed E-state index contributed by atoms with van der Waals surface area (Å²) >= 11 is 5.83. The van der Waals surface area contributed by atoms with Crippen molar-refractivity contribution in [2.24, 2.45) is 0 Å². The highest BCUT2D eigenvalue weighted by atomic mass is 35.5. The summed E-state index contributed by atoms with van der Waals surface area (Å²) in [6.45, 7) is 1.63. The molecule has 0 fully saturated rings. The van der Waals surface area contributed by atoms with Crippen LogP contribution in [-0.2, 0) is 10.0 Å². The van der Waals surface area contributed by atoms with Gasteiger partial charge in [0.1, 0.15) is 4.90 Å². The largest absolute Gasteiger partial charge is 0.278 e. The van der Waals surface area contributed by atoms with Crippen molar-refractivity contribution in [2.75, 3.05) is 4.72 Å². The van der Waals surface area contributed by atoms with E-state index >= 15 is 0 Å². The van der Waals surface area contributed by atoms with Crippen LogP contribution in [0.4, 0.5) is 11.4 Å². The molecule has 0 spiro atoms. The van der Waals surface area contributed by atoms with E-state index in [0.29, 0.717) is 5.69 Å². The van der Waals surface area contributed by atoms with E-state index in [4.69, 9.17) is 11.6 Å². The molecular formula is C12H10ClN3O4S. The minimum Gasteiger partial charge on any atom is -0.278 e. The first-order valence-electron chi connectivity index (χ1n) is 5.69. The predicted octanol–water partition coefficient (Wildman–Crippen LogP) is 2.75. The first-order valence-corrected chi connectivity index (χ1v) is 7.56. The van der Waals surface area contributed by atoms with Gasteiger partial charge in [0.2, 0.25) is 0 Å². The van der Waals surface area contributed by atoms with Crippen LogP contribution >= 0.6 is 11.6 Å². The second-order valence-electron chi connectivity index (χ2n) is 4.11. The summed E-state index contributed by atoms with van der Waals surface area (Å²) in [4.78, 5) is 13.6. The summed E-state index contributed by atoms with van der Waals surface area (Å²) < 4.78 is 26.9. The molecule has 110 valence electrons. The predicted molar refractivity (Wildman–Crippen MR) is 77.9 cm³/mol. The Bertz CT molecular complexity index is 808. The highest BCUT2D eigenvalue weighted by Gasteiger charge is 2.22. The van der Waals surface area contributed by atoms with E-state index in [1.54, 1.807) is 13.0 Å². The Morgan fingerprint density at radius 3 is 2.67 bits per heavy atom. The second-order valence-corrected chi connectivity index (χ2v) is 6.17. The standard InChI is InChI=1S/C12H10ClN3O4S/c1-8-11(3-2-6-14-8)15-21(19,20)12-7-9(16(17)18)4-5-10(12)13/h2-7,15H,1H3. The highest BCUT2D eigenvalue weighted by molar-refractivity contribution is 7.92. The van der Waals surface area contributed by atoms with Gasteiger partial charge in [-0.15, -0.1) is 0 Å². The zero-order chi connectivity index (χ0) is 15.6. The molecule has 1 aromatic heterocycles. The molecule has 0 atom stereocenters. The van der Waals surface area contributed by atoms with Gasteiger partial charge in [0.25, 0.3) is 15.7 Å². The van der Waals surface area contributed by atoms with E-state index in [1.807, 2.05) is 0 Å². The average molecular weight is 328 g/mol. The number of aryl methyl sites for hydroxylation is 1. The lowest BCUT2D eigenvalue weighted by atomic mass is 10.3. The maximum absolute atomic E-state index is 12.3. The van der Waals surface area contributed by atoms with Gasteiger partial charge in [-0.2, -0.15) is 0 Å². The summed E-state index contributed by atoms with van der Waals surface area (Å²) in [5.74, 6) is 0. The molecule has 7 nitrogen and oxygen atoms in total. The third-order valence-corrected chi connectivity index (χ3v) is 4.51. The highest BCUT2D eigenvalue weighted by Crippen LogP contribution is 2.28. The summed E-state index contributed by atoms with van der Waals surface area (Å²) in [5.41, 5.74) is 0.394. The van der Waals surface area contributed by atoms with Crippen molar-refractivity contribution in [1.29, 1.82) is 0 Å². The maximum Gasteiger partial charge on any atom is 0.270 e. The van der Waals surface area contributed by atoms with Crippen molar-refractivity contribution >= 4 is 33.0 Å². The maximum atomic E-state index is 12.3. The number of anilines is 1. The molecule has 0 unspecified atom stereocenters. The van der Waals surface area contributed by atoms with Crippen molar-refractivity contribution < 1.29 is 13.3 Å². The molecule has 1 aromatic carbocycles. The number of nitrogens with one attached hydrogen (secondary N) is 1. The molecule has 0 saturated carbocycles. The van der Waals surface area contributed by atoms with Gasteiger partial charge in [-0.1, -0.05) is 11.6 Å². The first-order chi connectivity index (χ1) is 9.81. The Hall–Kier alpha value is -2.19. The Balaban J connectivity index is 2.47. The molecule has 0 aliphatic carbocycles. The second kappa shape index (κ2) is 5.66. The number of nitrogens with zero attached hydrogens (tertiary/aromatic N) is 2. The number of halogens is 1. The Morgan fingerprint density at radius 2 is 2.05 bits per heavy atom. The van der Waals surface area contributed by atoms with Gasteiger partial charge in [-0.05, 0) is 25.1 Å². The molecule has 0 aliphatic rings. The van der Waals surface area contributed by atoms with Crippen molar-refractivity contribution in [3.8, 4) is 0 Å². The number of aromatic nitrogens is 1. The number of non-ortho nitro benzene ring substituents is 1. The fraction of sp³-hybridized carbons (Fsp3) is 0.0833. The van der Waals surface area contributed by atoms with E-state index in [1.165, 1.54) is 18.3 Å². The van der Waals surface area contributed by atoms with Gasteiger partial charge < -0.3 is 0 Å². The van der Waals surface area contributed by atoms with Crippen LogP contribution in [0.25, 0.3) is 0 Å². The van der Waals surface area contributed by atoms with E-state index in [2.05, 4.69) is 9.71 Å². The van der Waals surface area contributed by atoms with Crippen LogP contribution < -0.4 is 4.72 Å². The summed E-state index contributed by atoms with van der Waals surface area (Å²) in [6, 6.07) is 6.32. The summed E-state index contributed by atoms with van der Waals surface area (Å²) in [7, 11) is -4.05. The average Bonchev–Trinajstić information content (AvgIpc) is 2.41. The molecule has 1 N–H and O–H groups in total. The molecule has 2 aromatic rings. The molecule has 0 bridgehead atoms. The van der Waals surface area contributed by atoms with Gasteiger partial charge in [0.15, 0.2) is 0 Å². The molecule has 21 heavy (non-hydrogen) atoms. The van der Waals surface area contributed by atoms with Gasteiger partial charge in [0, 0.05) is 18.3 Å². The van der Waals surface area contributed by atoms with Crippen molar-refractivity contribution in [3.63, 3.8) is 0 Å². The van der Waals surface area contributed by atoms with Gasteiger partial charge in [-0.25, -0.2) is 8.42 Å². The Labute approximate surface area is 125 Å². The van der Waals surface area contributed by atoms with Crippen LogP contribution in [0, 0.1) is 17.0 Å². The molecule has 9 heteroatoms. The molecule has 0 aliphatic heterocycles. The lowest BCUT2D eigenvalue weighted by molar-refractivity contribution is -0.385. The van der Waals surface area contributed by atoms with Crippen LogP contribution in [0.3, 0.4) is 0 Å². The lowest BCUT2D eigenvalue weighted by Crippen LogP contribution is -2.14. The van der Waals surface area contributed by atoms with E-state index < -0.39 is 14.9 Å². The van der Waals surface area contributed by atoms with Crippen LogP contribution in [0.5, 0.6) is 0 Å². The van der Waals surface area contributed by atoms with Crippen LogP contribution in [-0.4, -0.2) is 18.3 Å². The third kappa shape index (κ3) is 3.29. The topological polar surface area (TPSA) is 102 Å². The number of nitro groups is 1. The zero-order valence-corrected chi connectivity index (χ0v) is 12.4. The van der Waals surface area contributed by atoms with E-state index in [0.717, 1.165) is 12.1 Å². The van der Waals surface area contributed by atoms with Crippen LogP contribution in [0.2, 0.25) is 5.02 Å². The third-order valence-electron chi connectivity index (χ3n) is 2.67. The van der Waals surface area contributed by atoms with Gasteiger partial charge >= 0.3 is 0 Å². The SMILES string of the molecule is Cc1ncccc1NS(=O)(=O)c1cc([N+](=O)[O-])ccc1Cl. The zero-order valence-electron chi connectivity index (χ0n) is 10.8. The Morgan fingerprint density at radius 1 is 1.33 bits per heavy atom.